The lowest BCUT2D eigenvalue weighted by Gasteiger charge is -2.22. The summed E-state index contributed by atoms with van der Waals surface area (Å²) in [6, 6.07) is 1.91. The molecule has 0 saturated heterocycles. The fourth-order valence-corrected chi connectivity index (χ4v) is 2.12. The van der Waals surface area contributed by atoms with E-state index in [1.807, 2.05) is 18.7 Å². The van der Waals surface area contributed by atoms with E-state index in [1.165, 1.54) is 6.20 Å². The molecule has 0 aliphatic rings. The van der Waals surface area contributed by atoms with Gasteiger partial charge in [0.25, 0.3) is 0 Å². The minimum absolute atomic E-state index is 0.0182. The molecule has 124 valence electrons. The molecule has 0 aliphatic carbocycles. The number of benzene rings is 1. The van der Waals surface area contributed by atoms with Crippen LogP contribution in [-0.2, 0) is 0 Å². The first-order chi connectivity index (χ1) is 11.1. The van der Waals surface area contributed by atoms with E-state index in [4.69, 9.17) is 0 Å². The number of rotatable bonds is 7. The average molecular weight is 325 g/mol. The molecule has 5 nitrogen and oxygen atoms in total. The highest BCUT2D eigenvalue weighted by atomic mass is 19.2. The SMILES string of the molecule is CCCN(CCC)c1cnnc(Nc2ccc(F)c(F)c2F)n1. The van der Waals surface area contributed by atoms with E-state index in [-0.39, 0.29) is 11.6 Å². The lowest BCUT2D eigenvalue weighted by molar-refractivity contribution is 0.449. The van der Waals surface area contributed by atoms with Crippen molar-refractivity contribution in [1.29, 1.82) is 0 Å². The number of hydrogen-bond donors (Lipinski definition) is 1. The molecule has 1 aromatic carbocycles. The van der Waals surface area contributed by atoms with Crippen LogP contribution in [0.4, 0.5) is 30.6 Å². The number of nitrogens with one attached hydrogen (secondary N) is 1. The summed E-state index contributed by atoms with van der Waals surface area (Å²) < 4.78 is 39.9. The third-order valence-corrected chi connectivity index (χ3v) is 3.14. The van der Waals surface area contributed by atoms with Crippen molar-refractivity contribution in [3.8, 4) is 0 Å². The Bertz CT molecular complexity index is 660. The molecule has 0 amide bonds. The second kappa shape index (κ2) is 7.75. The number of anilines is 3. The van der Waals surface area contributed by atoms with Gasteiger partial charge in [0.15, 0.2) is 23.3 Å². The monoisotopic (exact) mass is 325 g/mol. The van der Waals surface area contributed by atoms with Crippen molar-refractivity contribution in [2.75, 3.05) is 23.3 Å². The highest BCUT2D eigenvalue weighted by Gasteiger charge is 2.15. The number of hydrogen-bond acceptors (Lipinski definition) is 5. The van der Waals surface area contributed by atoms with Crippen LogP contribution in [0.3, 0.4) is 0 Å². The van der Waals surface area contributed by atoms with Crippen molar-refractivity contribution in [1.82, 2.24) is 15.2 Å². The fourth-order valence-electron chi connectivity index (χ4n) is 2.12. The molecule has 0 unspecified atom stereocenters. The van der Waals surface area contributed by atoms with Gasteiger partial charge < -0.3 is 10.2 Å². The normalized spacial score (nSPS) is 10.7. The van der Waals surface area contributed by atoms with E-state index in [2.05, 4.69) is 20.5 Å². The largest absolute Gasteiger partial charge is 0.355 e. The van der Waals surface area contributed by atoms with Gasteiger partial charge in [-0.05, 0) is 25.0 Å². The second-order valence-corrected chi connectivity index (χ2v) is 4.97. The van der Waals surface area contributed by atoms with Crippen molar-refractivity contribution in [2.24, 2.45) is 0 Å². The zero-order chi connectivity index (χ0) is 16.8. The second-order valence-electron chi connectivity index (χ2n) is 4.97. The van der Waals surface area contributed by atoms with Gasteiger partial charge in [0, 0.05) is 13.1 Å². The number of aromatic nitrogens is 3. The topological polar surface area (TPSA) is 53.9 Å². The van der Waals surface area contributed by atoms with E-state index in [0.717, 1.165) is 38.1 Å². The van der Waals surface area contributed by atoms with Crippen LogP contribution >= 0.6 is 0 Å². The van der Waals surface area contributed by atoms with Gasteiger partial charge >= 0.3 is 0 Å². The van der Waals surface area contributed by atoms with Crippen LogP contribution in [0, 0.1) is 17.5 Å². The first-order valence-electron chi connectivity index (χ1n) is 7.42. The summed E-state index contributed by atoms with van der Waals surface area (Å²) in [5.41, 5.74) is -0.250. The van der Waals surface area contributed by atoms with Gasteiger partial charge in [-0.15, -0.1) is 5.10 Å². The van der Waals surface area contributed by atoms with Crippen LogP contribution in [0.2, 0.25) is 0 Å². The van der Waals surface area contributed by atoms with Crippen molar-refractivity contribution >= 4 is 17.5 Å². The standard InChI is InChI=1S/C15H18F3N5/c1-3-7-23(8-4-2)12-9-19-22-15(21-12)20-11-6-5-10(16)13(17)14(11)18/h5-6,9H,3-4,7-8H2,1-2H3,(H,20,21,22). The van der Waals surface area contributed by atoms with Crippen LogP contribution in [0.1, 0.15) is 26.7 Å². The summed E-state index contributed by atoms with van der Waals surface area (Å²) >= 11 is 0. The Morgan fingerprint density at radius 1 is 1.04 bits per heavy atom. The molecule has 0 atom stereocenters. The minimum Gasteiger partial charge on any atom is -0.355 e. The van der Waals surface area contributed by atoms with Crippen molar-refractivity contribution in [3.05, 3.63) is 35.8 Å². The van der Waals surface area contributed by atoms with Gasteiger partial charge in [-0.2, -0.15) is 10.1 Å². The summed E-state index contributed by atoms with van der Waals surface area (Å²) in [5, 5.41) is 10.1. The smallest absolute Gasteiger partial charge is 0.249 e. The van der Waals surface area contributed by atoms with E-state index >= 15 is 0 Å². The third-order valence-electron chi connectivity index (χ3n) is 3.14. The summed E-state index contributed by atoms with van der Waals surface area (Å²) in [6.07, 6.45) is 3.38. The van der Waals surface area contributed by atoms with Gasteiger partial charge in [0.2, 0.25) is 5.95 Å². The van der Waals surface area contributed by atoms with Crippen LogP contribution in [0.5, 0.6) is 0 Å². The van der Waals surface area contributed by atoms with Gasteiger partial charge in [-0.3, -0.25) is 0 Å². The van der Waals surface area contributed by atoms with E-state index < -0.39 is 17.5 Å². The molecule has 0 fully saturated rings. The maximum atomic E-state index is 13.7. The number of halogens is 3. The van der Waals surface area contributed by atoms with Gasteiger partial charge in [0.1, 0.15) is 0 Å². The van der Waals surface area contributed by atoms with Gasteiger partial charge in [0.05, 0.1) is 11.9 Å². The van der Waals surface area contributed by atoms with Gasteiger partial charge in [-0.25, -0.2) is 13.2 Å². The molecule has 8 heteroatoms. The first kappa shape index (κ1) is 17.0. The Balaban J connectivity index is 2.24. The zero-order valence-corrected chi connectivity index (χ0v) is 13.0. The fraction of sp³-hybridized carbons (Fsp3) is 0.400. The highest BCUT2D eigenvalue weighted by molar-refractivity contribution is 5.55. The van der Waals surface area contributed by atoms with E-state index in [9.17, 15) is 13.2 Å². The summed E-state index contributed by atoms with van der Waals surface area (Å²) in [7, 11) is 0. The molecule has 1 N–H and O–H groups in total. The summed E-state index contributed by atoms with van der Waals surface area (Å²) in [4.78, 5) is 6.29. The molecule has 0 bridgehead atoms. The highest BCUT2D eigenvalue weighted by Crippen LogP contribution is 2.22. The Hall–Kier alpha value is -2.38. The molecule has 0 aliphatic heterocycles. The molecule has 0 saturated carbocycles. The molecular weight excluding hydrogens is 307 g/mol. The summed E-state index contributed by atoms with van der Waals surface area (Å²) in [5.74, 6) is -3.51. The lowest BCUT2D eigenvalue weighted by atomic mass is 10.3. The Morgan fingerprint density at radius 3 is 2.39 bits per heavy atom. The maximum absolute atomic E-state index is 13.7. The molecule has 23 heavy (non-hydrogen) atoms. The van der Waals surface area contributed by atoms with Crippen LogP contribution in [0.15, 0.2) is 18.3 Å². The average Bonchev–Trinajstić information content (AvgIpc) is 2.55. The van der Waals surface area contributed by atoms with Gasteiger partial charge in [-0.1, -0.05) is 13.8 Å². The molecular formula is C15H18F3N5. The molecule has 2 rings (SSSR count). The first-order valence-corrected chi connectivity index (χ1v) is 7.42. The molecule has 0 radical (unpaired) electrons. The Labute approximate surface area is 132 Å². The van der Waals surface area contributed by atoms with E-state index in [1.54, 1.807) is 0 Å². The van der Waals surface area contributed by atoms with Crippen molar-refractivity contribution in [2.45, 2.75) is 26.7 Å². The summed E-state index contributed by atoms with van der Waals surface area (Å²) in [6.45, 7) is 5.69. The van der Waals surface area contributed by atoms with Crippen LogP contribution < -0.4 is 10.2 Å². The maximum Gasteiger partial charge on any atom is 0.249 e. The zero-order valence-electron chi connectivity index (χ0n) is 13.0. The van der Waals surface area contributed by atoms with Crippen molar-refractivity contribution < 1.29 is 13.2 Å². The predicted molar refractivity (Wildman–Crippen MR) is 82.2 cm³/mol. The third kappa shape index (κ3) is 4.08. The molecule has 1 heterocycles. The lowest BCUT2D eigenvalue weighted by Crippen LogP contribution is -2.26. The number of nitrogens with zero attached hydrogens (tertiary/aromatic N) is 4. The Kier molecular flexibility index (Phi) is 5.72. The predicted octanol–water partition coefficient (Wildman–Crippen LogP) is 3.66. The molecule has 1 aromatic heterocycles. The van der Waals surface area contributed by atoms with Crippen LogP contribution in [0.25, 0.3) is 0 Å². The minimum atomic E-state index is -1.54. The Morgan fingerprint density at radius 2 is 1.74 bits per heavy atom. The molecule has 2 aromatic rings. The van der Waals surface area contributed by atoms with E-state index in [0.29, 0.717) is 5.82 Å². The quantitative estimate of drug-likeness (QED) is 0.787. The van der Waals surface area contributed by atoms with Crippen molar-refractivity contribution in [3.63, 3.8) is 0 Å². The molecule has 0 spiro atoms. The van der Waals surface area contributed by atoms with Crippen LogP contribution in [-0.4, -0.2) is 28.3 Å².